The molecular weight excluding hydrogens is 314 g/mol. The molecule has 0 aromatic heterocycles. The number of hydrogen-bond acceptors (Lipinski definition) is 2. The Kier molecular flexibility index (Phi) is 5.85. The van der Waals surface area contributed by atoms with Crippen molar-refractivity contribution in [2.24, 2.45) is 0 Å². The summed E-state index contributed by atoms with van der Waals surface area (Å²) in [6.07, 6.45) is 0.592. The predicted octanol–water partition coefficient (Wildman–Crippen LogP) is 4.68. The largest absolute Gasteiger partial charge is 0.494 e. The third-order valence-corrected chi connectivity index (χ3v) is 3.73. The van der Waals surface area contributed by atoms with Gasteiger partial charge in [-0.05, 0) is 48.4 Å². The normalized spacial score (nSPS) is 12.2. The number of aliphatic hydroxyl groups excluding tert-OH is 1. The Hall–Kier alpha value is -1.29. The zero-order valence-corrected chi connectivity index (χ0v) is 12.7. The smallest absolute Gasteiger partial charge is 0.123 e. The lowest BCUT2D eigenvalue weighted by Gasteiger charge is -2.16. The summed E-state index contributed by atoms with van der Waals surface area (Å²) in [6, 6.07) is 11.0. The molecule has 0 fully saturated rings. The molecule has 5 heteroatoms. The van der Waals surface area contributed by atoms with Gasteiger partial charge in [-0.25, -0.2) is 4.39 Å². The van der Waals surface area contributed by atoms with Gasteiger partial charge in [0.25, 0.3) is 0 Å². The van der Waals surface area contributed by atoms with E-state index in [0.717, 1.165) is 5.56 Å². The summed E-state index contributed by atoms with van der Waals surface area (Å²) in [7, 11) is 0. The van der Waals surface area contributed by atoms with E-state index < -0.39 is 0 Å². The molecule has 0 aliphatic carbocycles. The van der Waals surface area contributed by atoms with Gasteiger partial charge in [-0.3, -0.25) is 0 Å². The van der Waals surface area contributed by atoms with E-state index in [1.54, 1.807) is 24.3 Å². The van der Waals surface area contributed by atoms with E-state index in [1.165, 1.54) is 12.1 Å². The van der Waals surface area contributed by atoms with Gasteiger partial charge in [0, 0.05) is 16.0 Å². The van der Waals surface area contributed by atoms with E-state index in [1.807, 2.05) is 6.07 Å². The lowest BCUT2D eigenvalue weighted by atomic mass is 9.97. The number of hydrogen-bond donors (Lipinski definition) is 1. The predicted molar refractivity (Wildman–Crippen MR) is 82.8 cm³/mol. The highest BCUT2D eigenvalue weighted by Gasteiger charge is 2.14. The Bertz CT molecular complexity index is 587. The molecule has 0 aliphatic rings. The number of benzene rings is 2. The summed E-state index contributed by atoms with van der Waals surface area (Å²) in [5, 5.41) is 10.6. The van der Waals surface area contributed by atoms with Crippen LogP contribution in [0.4, 0.5) is 4.39 Å². The first-order chi connectivity index (χ1) is 10.1. The Balaban J connectivity index is 1.94. The molecule has 0 saturated heterocycles. The maximum atomic E-state index is 12.8. The minimum atomic E-state index is -0.302. The van der Waals surface area contributed by atoms with E-state index in [2.05, 4.69) is 0 Å². The molecule has 0 aliphatic heterocycles. The SMILES string of the molecule is OC[C@H](CCOc1ccc(F)cc1)c1ccc(Cl)cc1Cl. The van der Waals surface area contributed by atoms with Crippen LogP contribution in [-0.4, -0.2) is 18.3 Å². The van der Waals surface area contributed by atoms with Crippen LogP contribution in [-0.2, 0) is 0 Å². The van der Waals surface area contributed by atoms with Crippen LogP contribution in [0.1, 0.15) is 17.9 Å². The number of halogens is 3. The van der Waals surface area contributed by atoms with Gasteiger partial charge < -0.3 is 9.84 Å². The molecule has 2 nitrogen and oxygen atoms in total. The average Bonchev–Trinajstić information content (AvgIpc) is 2.46. The Labute approximate surface area is 133 Å². The lowest BCUT2D eigenvalue weighted by Crippen LogP contribution is -2.10. The van der Waals surface area contributed by atoms with E-state index in [4.69, 9.17) is 27.9 Å². The monoisotopic (exact) mass is 328 g/mol. The fraction of sp³-hybridized carbons (Fsp3) is 0.250. The van der Waals surface area contributed by atoms with Crippen molar-refractivity contribution < 1.29 is 14.2 Å². The van der Waals surface area contributed by atoms with Gasteiger partial charge in [-0.2, -0.15) is 0 Å². The van der Waals surface area contributed by atoms with Crippen LogP contribution in [0.5, 0.6) is 5.75 Å². The van der Waals surface area contributed by atoms with Gasteiger partial charge in [0.1, 0.15) is 11.6 Å². The standard InChI is InChI=1S/C16H15Cl2FO2/c17-12-1-6-15(16(18)9-12)11(10-20)7-8-21-14-4-2-13(19)3-5-14/h1-6,9,11,20H,7-8,10H2/t11-/m0/s1. The van der Waals surface area contributed by atoms with E-state index in [0.29, 0.717) is 28.8 Å². The highest BCUT2D eigenvalue weighted by molar-refractivity contribution is 6.35. The summed E-state index contributed by atoms with van der Waals surface area (Å²) in [5.41, 5.74) is 0.839. The van der Waals surface area contributed by atoms with Gasteiger partial charge in [0.05, 0.1) is 13.2 Å². The Morgan fingerprint density at radius 2 is 1.81 bits per heavy atom. The van der Waals surface area contributed by atoms with Crippen molar-refractivity contribution in [2.75, 3.05) is 13.2 Å². The quantitative estimate of drug-likeness (QED) is 0.834. The summed E-state index contributed by atoms with van der Waals surface area (Å²) in [6.45, 7) is 0.365. The van der Waals surface area contributed by atoms with Crippen LogP contribution in [0, 0.1) is 5.82 Å². The minimum Gasteiger partial charge on any atom is -0.494 e. The first-order valence-electron chi connectivity index (χ1n) is 6.54. The van der Waals surface area contributed by atoms with Crippen LogP contribution in [0.2, 0.25) is 10.0 Å². The molecule has 1 N–H and O–H groups in total. The highest BCUT2D eigenvalue weighted by atomic mass is 35.5. The molecule has 0 radical (unpaired) electrons. The first kappa shape index (κ1) is 16.1. The maximum Gasteiger partial charge on any atom is 0.123 e. The van der Waals surface area contributed by atoms with Crippen molar-refractivity contribution in [1.29, 1.82) is 0 Å². The van der Waals surface area contributed by atoms with Crippen molar-refractivity contribution in [3.8, 4) is 5.75 Å². The fourth-order valence-electron chi connectivity index (χ4n) is 2.03. The molecule has 2 aromatic carbocycles. The summed E-state index contributed by atoms with van der Waals surface area (Å²) < 4.78 is 18.3. The summed E-state index contributed by atoms with van der Waals surface area (Å²) in [5.74, 6) is 0.161. The molecule has 0 bridgehead atoms. The van der Waals surface area contributed by atoms with Gasteiger partial charge >= 0.3 is 0 Å². The average molecular weight is 329 g/mol. The van der Waals surface area contributed by atoms with Crippen LogP contribution < -0.4 is 4.74 Å². The topological polar surface area (TPSA) is 29.5 Å². The molecule has 0 spiro atoms. The molecule has 21 heavy (non-hydrogen) atoms. The molecule has 0 saturated carbocycles. The van der Waals surface area contributed by atoms with Gasteiger partial charge in [0.15, 0.2) is 0 Å². The third kappa shape index (κ3) is 4.60. The summed E-state index contributed by atoms with van der Waals surface area (Å²) in [4.78, 5) is 0. The van der Waals surface area contributed by atoms with Crippen molar-refractivity contribution in [3.63, 3.8) is 0 Å². The molecule has 2 rings (SSSR count). The molecule has 2 aromatic rings. The van der Waals surface area contributed by atoms with Crippen LogP contribution in [0.15, 0.2) is 42.5 Å². The number of rotatable bonds is 6. The van der Waals surface area contributed by atoms with Crippen molar-refractivity contribution in [1.82, 2.24) is 0 Å². The molecule has 1 atom stereocenters. The van der Waals surface area contributed by atoms with Crippen molar-refractivity contribution >= 4 is 23.2 Å². The number of ether oxygens (including phenoxy) is 1. The molecular formula is C16H15Cl2FO2. The molecule has 0 unspecified atom stereocenters. The molecule has 112 valence electrons. The van der Waals surface area contributed by atoms with E-state index in [-0.39, 0.29) is 18.3 Å². The van der Waals surface area contributed by atoms with Gasteiger partial charge in [-0.15, -0.1) is 0 Å². The summed E-state index contributed by atoms with van der Waals surface area (Å²) >= 11 is 12.0. The second-order valence-corrected chi connectivity index (χ2v) is 5.48. The van der Waals surface area contributed by atoms with E-state index >= 15 is 0 Å². The third-order valence-electron chi connectivity index (χ3n) is 3.17. The zero-order valence-electron chi connectivity index (χ0n) is 11.2. The fourth-order valence-corrected chi connectivity index (χ4v) is 2.59. The Morgan fingerprint density at radius 3 is 2.43 bits per heavy atom. The van der Waals surface area contributed by atoms with Crippen LogP contribution in [0.25, 0.3) is 0 Å². The van der Waals surface area contributed by atoms with Crippen LogP contribution >= 0.6 is 23.2 Å². The highest BCUT2D eigenvalue weighted by Crippen LogP contribution is 2.29. The van der Waals surface area contributed by atoms with E-state index in [9.17, 15) is 9.50 Å². The van der Waals surface area contributed by atoms with Crippen molar-refractivity contribution in [3.05, 3.63) is 63.9 Å². The lowest BCUT2D eigenvalue weighted by molar-refractivity contribution is 0.229. The van der Waals surface area contributed by atoms with Crippen molar-refractivity contribution in [2.45, 2.75) is 12.3 Å². The molecule has 0 amide bonds. The number of aliphatic hydroxyl groups is 1. The minimum absolute atomic E-state index is 0.0336. The second-order valence-electron chi connectivity index (χ2n) is 4.64. The molecule has 0 heterocycles. The van der Waals surface area contributed by atoms with Gasteiger partial charge in [0.2, 0.25) is 0 Å². The van der Waals surface area contributed by atoms with Crippen LogP contribution in [0.3, 0.4) is 0 Å². The first-order valence-corrected chi connectivity index (χ1v) is 7.30. The Morgan fingerprint density at radius 1 is 1.10 bits per heavy atom. The second kappa shape index (κ2) is 7.64. The zero-order chi connectivity index (χ0) is 15.2. The van der Waals surface area contributed by atoms with Gasteiger partial charge in [-0.1, -0.05) is 29.3 Å². The maximum absolute atomic E-state index is 12.8.